The van der Waals surface area contributed by atoms with Crippen LogP contribution in [0.4, 0.5) is 13.2 Å². The number of halogens is 3. The summed E-state index contributed by atoms with van der Waals surface area (Å²) in [6, 6.07) is 1.13. The molecule has 0 aliphatic heterocycles. The molecule has 1 aromatic rings. The maximum atomic E-state index is 11.9. The van der Waals surface area contributed by atoms with Gasteiger partial charge in [0.2, 0.25) is 5.69 Å². The molecule has 0 saturated carbocycles. The van der Waals surface area contributed by atoms with E-state index in [1.165, 1.54) is 6.92 Å². The Morgan fingerprint density at radius 1 is 1.50 bits per heavy atom. The van der Waals surface area contributed by atoms with Crippen molar-refractivity contribution in [3.05, 3.63) is 28.7 Å². The highest BCUT2D eigenvalue weighted by molar-refractivity contribution is 5.31. The minimum atomic E-state index is -4.44. The third-order valence-corrected chi connectivity index (χ3v) is 1.97. The Balaban J connectivity index is 2.90. The maximum absolute atomic E-state index is 11.9. The number of rotatable bonds is 3. The molecule has 7 heteroatoms. The number of aliphatic hydroxyl groups excluding tert-OH is 1. The molecule has 0 aliphatic rings. The number of hydrogen-bond acceptors (Lipinski definition) is 3. The summed E-state index contributed by atoms with van der Waals surface area (Å²) in [6.45, 7) is -0.578. The van der Waals surface area contributed by atoms with Gasteiger partial charge < -0.3 is 15.1 Å². The number of aromatic nitrogens is 1. The van der Waals surface area contributed by atoms with Crippen LogP contribution in [-0.2, 0) is 6.61 Å². The SMILES string of the molecule is Cc1c(OCC(F)(F)F)cc[n+]([O-])c1CO. The second-order valence-electron chi connectivity index (χ2n) is 3.14. The average molecular weight is 237 g/mol. The lowest BCUT2D eigenvalue weighted by atomic mass is 10.2. The summed E-state index contributed by atoms with van der Waals surface area (Å²) in [5.41, 5.74) is 0.170. The van der Waals surface area contributed by atoms with Gasteiger partial charge in [-0.05, 0) is 6.92 Å². The summed E-state index contributed by atoms with van der Waals surface area (Å²) in [6.07, 6.45) is -3.45. The molecule has 1 aromatic heterocycles. The fraction of sp³-hybridized carbons (Fsp3) is 0.444. The topological polar surface area (TPSA) is 56.4 Å². The van der Waals surface area contributed by atoms with Gasteiger partial charge in [0.15, 0.2) is 12.8 Å². The number of nitrogens with zero attached hydrogens (tertiary/aromatic N) is 1. The normalized spacial score (nSPS) is 11.6. The first-order chi connectivity index (χ1) is 7.35. The molecule has 16 heavy (non-hydrogen) atoms. The van der Waals surface area contributed by atoms with E-state index in [1.807, 2.05) is 0 Å². The Labute approximate surface area is 89.5 Å². The van der Waals surface area contributed by atoms with Crippen molar-refractivity contribution < 1.29 is 27.7 Å². The highest BCUT2D eigenvalue weighted by atomic mass is 19.4. The molecule has 0 unspecified atom stereocenters. The van der Waals surface area contributed by atoms with Gasteiger partial charge in [-0.15, -0.1) is 0 Å². The minimum Gasteiger partial charge on any atom is -0.618 e. The van der Waals surface area contributed by atoms with Crippen LogP contribution < -0.4 is 9.47 Å². The zero-order valence-electron chi connectivity index (χ0n) is 8.41. The van der Waals surface area contributed by atoms with E-state index in [9.17, 15) is 18.4 Å². The fourth-order valence-electron chi connectivity index (χ4n) is 1.16. The Bertz CT molecular complexity index is 379. The highest BCUT2D eigenvalue weighted by Crippen LogP contribution is 2.22. The lowest BCUT2D eigenvalue weighted by Gasteiger charge is -2.12. The largest absolute Gasteiger partial charge is 0.618 e. The second-order valence-corrected chi connectivity index (χ2v) is 3.14. The lowest BCUT2D eigenvalue weighted by Crippen LogP contribution is -2.32. The van der Waals surface area contributed by atoms with Crippen molar-refractivity contribution in [1.29, 1.82) is 0 Å². The maximum Gasteiger partial charge on any atom is 0.422 e. The third-order valence-electron chi connectivity index (χ3n) is 1.97. The third kappa shape index (κ3) is 2.99. The standard InChI is InChI=1S/C9H10F3NO3/c1-6-7(4-14)13(15)3-2-8(6)16-5-9(10,11)12/h2-3,14H,4-5H2,1H3. The number of aliphatic hydroxyl groups is 1. The van der Waals surface area contributed by atoms with E-state index in [2.05, 4.69) is 4.74 Å². The van der Waals surface area contributed by atoms with Gasteiger partial charge in [0.05, 0.1) is 5.56 Å². The first-order valence-electron chi connectivity index (χ1n) is 4.37. The summed E-state index contributed by atoms with van der Waals surface area (Å²) >= 11 is 0. The summed E-state index contributed by atoms with van der Waals surface area (Å²) in [4.78, 5) is 0. The number of pyridine rings is 1. The predicted octanol–water partition coefficient (Wildman–Crippen LogP) is 1.06. The Morgan fingerprint density at radius 3 is 2.62 bits per heavy atom. The molecule has 1 heterocycles. The van der Waals surface area contributed by atoms with Gasteiger partial charge in [0, 0.05) is 6.07 Å². The van der Waals surface area contributed by atoms with E-state index >= 15 is 0 Å². The van der Waals surface area contributed by atoms with Crippen LogP contribution >= 0.6 is 0 Å². The minimum absolute atomic E-state index is 0.0281. The van der Waals surface area contributed by atoms with Gasteiger partial charge in [-0.3, -0.25) is 0 Å². The van der Waals surface area contributed by atoms with Crippen molar-refractivity contribution in [1.82, 2.24) is 0 Å². The number of alkyl halides is 3. The van der Waals surface area contributed by atoms with Crippen LogP contribution in [0.5, 0.6) is 5.75 Å². The molecule has 1 N–H and O–H groups in total. The van der Waals surface area contributed by atoms with Crippen molar-refractivity contribution in [2.24, 2.45) is 0 Å². The molecule has 4 nitrogen and oxygen atoms in total. The Hall–Kier alpha value is -1.50. The summed E-state index contributed by atoms with van der Waals surface area (Å²) in [7, 11) is 0. The van der Waals surface area contributed by atoms with Gasteiger partial charge >= 0.3 is 6.18 Å². The number of hydrogen-bond donors (Lipinski definition) is 1. The van der Waals surface area contributed by atoms with Gasteiger partial charge in [-0.25, -0.2) is 0 Å². The first-order valence-corrected chi connectivity index (χ1v) is 4.37. The van der Waals surface area contributed by atoms with E-state index in [0.717, 1.165) is 12.3 Å². The molecule has 0 fully saturated rings. The summed E-state index contributed by atoms with van der Waals surface area (Å²) in [5.74, 6) is -0.0616. The van der Waals surface area contributed by atoms with Crippen LogP contribution in [0.15, 0.2) is 12.3 Å². The van der Waals surface area contributed by atoms with Crippen molar-refractivity contribution in [3.63, 3.8) is 0 Å². The fourth-order valence-corrected chi connectivity index (χ4v) is 1.16. The van der Waals surface area contributed by atoms with Crippen LogP contribution in [0.25, 0.3) is 0 Å². The molecule has 0 spiro atoms. The quantitative estimate of drug-likeness (QED) is 0.631. The van der Waals surface area contributed by atoms with Gasteiger partial charge in [-0.1, -0.05) is 0 Å². The summed E-state index contributed by atoms with van der Waals surface area (Å²) in [5, 5.41) is 20.0. The van der Waals surface area contributed by atoms with Crippen LogP contribution in [-0.4, -0.2) is 17.9 Å². The second kappa shape index (κ2) is 4.56. The molecular weight excluding hydrogens is 227 g/mol. The van der Waals surface area contributed by atoms with Crippen LogP contribution in [0.3, 0.4) is 0 Å². The van der Waals surface area contributed by atoms with E-state index in [4.69, 9.17) is 5.11 Å². The van der Waals surface area contributed by atoms with Crippen LogP contribution in [0.2, 0.25) is 0 Å². The Morgan fingerprint density at radius 2 is 2.12 bits per heavy atom. The number of ether oxygens (including phenoxy) is 1. The molecule has 0 atom stereocenters. The predicted molar refractivity (Wildman–Crippen MR) is 47.6 cm³/mol. The molecule has 0 saturated heterocycles. The first kappa shape index (κ1) is 12.6. The molecule has 0 bridgehead atoms. The van der Waals surface area contributed by atoms with E-state index < -0.39 is 19.4 Å². The Kier molecular flexibility index (Phi) is 3.58. The van der Waals surface area contributed by atoms with Gasteiger partial charge in [0.25, 0.3) is 0 Å². The molecule has 0 radical (unpaired) electrons. The molecule has 1 rings (SSSR count). The zero-order chi connectivity index (χ0) is 12.3. The molecular formula is C9H10F3NO3. The van der Waals surface area contributed by atoms with Crippen molar-refractivity contribution in [3.8, 4) is 5.75 Å². The summed E-state index contributed by atoms with van der Waals surface area (Å²) < 4.78 is 40.6. The van der Waals surface area contributed by atoms with E-state index in [0.29, 0.717) is 4.73 Å². The average Bonchev–Trinajstić information content (AvgIpc) is 2.16. The van der Waals surface area contributed by atoms with E-state index in [-0.39, 0.29) is 17.0 Å². The van der Waals surface area contributed by atoms with E-state index in [1.54, 1.807) is 0 Å². The molecule has 0 aromatic carbocycles. The highest BCUT2D eigenvalue weighted by Gasteiger charge is 2.29. The molecule has 0 amide bonds. The lowest BCUT2D eigenvalue weighted by molar-refractivity contribution is -0.616. The van der Waals surface area contributed by atoms with Gasteiger partial charge in [-0.2, -0.15) is 17.9 Å². The monoisotopic (exact) mass is 237 g/mol. The molecule has 0 aliphatic carbocycles. The van der Waals surface area contributed by atoms with Crippen molar-refractivity contribution in [2.75, 3.05) is 6.61 Å². The van der Waals surface area contributed by atoms with Crippen LogP contribution in [0, 0.1) is 12.1 Å². The van der Waals surface area contributed by atoms with Crippen molar-refractivity contribution in [2.45, 2.75) is 19.7 Å². The molecule has 90 valence electrons. The van der Waals surface area contributed by atoms with Crippen LogP contribution in [0.1, 0.15) is 11.3 Å². The smallest absolute Gasteiger partial charge is 0.422 e. The van der Waals surface area contributed by atoms with Gasteiger partial charge in [0.1, 0.15) is 12.4 Å². The van der Waals surface area contributed by atoms with Crippen molar-refractivity contribution >= 4 is 0 Å². The zero-order valence-corrected chi connectivity index (χ0v) is 8.41.